The number of ether oxygens (including phenoxy) is 1. The van der Waals surface area contributed by atoms with Crippen LogP contribution >= 0.6 is 0 Å². The number of hydrogen-bond donors (Lipinski definition) is 1. The standard InChI is InChI=1S/C13H22FN3O/c1-10(2)16-9-11-5-6-15-13(12(11)14)17(3)7-8-18-4/h5-6,10,16H,7-9H2,1-4H3. The highest BCUT2D eigenvalue weighted by molar-refractivity contribution is 5.42. The summed E-state index contributed by atoms with van der Waals surface area (Å²) in [5.74, 6) is 0.111. The Morgan fingerprint density at radius 1 is 1.50 bits per heavy atom. The molecule has 1 rings (SSSR count). The molecule has 0 unspecified atom stereocenters. The third-order valence-corrected chi connectivity index (χ3v) is 2.64. The van der Waals surface area contributed by atoms with Crippen LogP contribution in [0.25, 0.3) is 0 Å². The first-order valence-corrected chi connectivity index (χ1v) is 6.13. The number of halogens is 1. The zero-order valence-electron chi connectivity index (χ0n) is 11.5. The SMILES string of the molecule is COCCN(C)c1nccc(CNC(C)C)c1F. The van der Waals surface area contributed by atoms with Crippen molar-refractivity contribution in [1.29, 1.82) is 0 Å². The molecule has 1 aromatic rings. The Balaban J connectivity index is 2.77. The lowest BCUT2D eigenvalue weighted by atomic mass is 10.2. The number of hydrogen-bond acceptors (Lipinski definition) is 4. The number of aromatic nitrogens is 1. The van der Waals surface area contributed by atoms with Crippen LogP contribution < -0.4 is 10.2 Å². The second kappa shape index (κ2) is 7.28. The summed E-state index contributed by atoms with van der Waals surface area (Å²) in [6.07, 6.45) is 1.64. The first kappa shape index (κ1) is 14.9. The molecule has 5 heteroatoms. The van der Waals surface area contributed by atoms with Crippen LogP contribution in [-0.4, -0.2) is 38.3 Å². The van der Waals surface area contributed by atoms with Crippen LogP contribution in [0, 0.1) is 5.82 Å². The molecule has 0 fully saturated rings. The van der Waals surface area contributed by atoms with Crippen molar-refractivity contribution in [3.63, 3.8) is 0 Å². The second-order valence-corrected chi connectivity index (χ2v) is 4.56. The average molecular weight is 255 g/mol. The van der Waals surface area contributed by atoms with Crippen molar-refractivity contribution in [2.75, 3.05) is 32.2 Å². The van der Waals surface area contributed by atoms with Crippen molar-refractivity contribution in [1.82, 2.24) is 10.3 Å². The van der Waals surface area contributed by atoms with Crippen molar-refractivity contribution in [3.05, 3.63) is 23.6 Å². The number of pyridine rings is 1. The van der Waals surface area contributed by atoms with Crippen LogP contribution in [0.1, 0.15) is 19.4 Å². The minimum absolute atomic E-state index is 0.260. The lowest BCUT2D eigenvalue weighted by molar-refractivity contribution is 0.206. The number of rotatable bonds is 7. The molecule has 0 atom stereocenters. The Bertz CT molecular complexity index is 371. The largest absolute Gasteiger partial charge is 0.383 e. The molecule has 0 radical (unpaired) electrons. The monoisotopic (exact) mass is 255 g/mol. The molecule has 0 aromatic carbocycles. The molecule has 4 nitrogen and oxygen atoms in total. The van der Waals surface area contributed by atoms with Gasteiger partial charge in [0, 0.05) is 45.0 Å². The van der Waals surface area contributed by atoms with E-state index >= 15 is 0 Å². The van der Waals surface area contributed by atoms with Gasteiger partial charge in [-0.1, -0.05) is 13.8 Å². The summed E-state index contributed by atoms with van der Waals surface area (Å²) in [7, 11) is 3.44. The van der Waals surface area contributed by atoms with E-state index in [1.54, 1.807) is 24.3 Å². The third-order valence-electron chi connectivity index (χ3n) is 2.64. The van der Waals surface area contributed by atoms with E-state index < -0.39 is 0 Å². The highest BCUT2D eigenvalue weighted by Crippen LogP contribution is 2.18. The number of anilines is 1. The number of likely N-dealkylation sites (N-methyl/N-ethyl adjacent to an activating group) is 1. The lowest BCUT2D eigenvalue weighted by Gasteiger charge is -2.19. The van der Waals surface area contributed by atoms with Gasteiger partial charge in [-0.3, -0.25) is 0 Å². The van der Waals surface area contributed by atoms with Gasteiger partial charge in [-0.25, -0.2) is 9.37 Å². The molecule has 0 spiro atoms. The highest BCUT2D eigenvalue weighted by Gasteiger charge is 2.13. The number of methoxy groups -OCH3 is 1. The first-order chi connectivity index (χ1) is 8.56. The maximum absolute atomic E-state index is 14.2. The van der Waals surface area contributed by atoms with Gasteiger partial charge in [0.15, 0.2) is 11.6 Å². The van der Waals surface area contributed by atoms with Crippen molar-refractivity contribution < 1.29 is 9.13 Å². The third kappa shape index (κ3) is 4.23. The zero-order valence-corrected chi connectivity index (χ0v) is 11.5. The summed E-state index contributed by atoms with van der Waals surface area (Å²) < 4.78 is 19.2. The fraction of sp³-hybridized carbons (Fsp3) is 0.615. The van der Waals surface area contributed by atoms with Crippen LogP contribution in [0.15, 0.2) is 12.3 Å². The minimum Gasteiger partial charge on any atom is -0.383 e. The predicted molar refractivity (Wildman–Crippen MR) is 71.3 cm³/mol. The van der Waals surface area contributed by atoms with E-state index in [4.69, 9.17) is 4.74 Å². The second-order valence-electron chi connectivity index (χ2n) is 4.56. The Labute approximate surface area is 108 Å². The van der Waals surface area contributed by atoms with Crippen molar-refractivity contribution in [3.8, 4) is 0 Å². The summed E-state index contributed by atoms with van der Waals surface area (Å²) in [6.45, 7) is 5.74. The molecule has 0 aliphatic heterocycles. The van der Waals surface area contributed by atoms with Crippen LogP contribution in [0.5, 0.6) is 0 Å². The Hall–Kier alpha value is -1.20. The Morgan fingerprint density at radius 2 is 2.22 bits per heavy atom. The molecule has 0 aliphatic rings. The van der Waals surface area contributed by atoms with Gasteiger partial charge in [0.1, 0.15) is 0 Å². The summed E-state index contributed by atoms with van der Waals surface area (Å²) in [4.78, 5) is 5.85. The van der Waals surface area contributed by atoms with Crippen molar-refractivity contribution in [2.24, 2.45) is 0 Å². The van der Waals surface area contributed by atoms with Crippen LogP contribution in [0.4, 0.5) is 10.2 Å². The van der Waals surface area contributed by atoms with Gasteiger partial charge in [-0.05, 0) is 6.07 Å². The molecule has 18 heavy (non-hydrogen) atoms. The smallest absolute Gasteiger partial charge is 0.170 e. The average Bonchev–Trinajstić information content (AvgIpc) is 2.34. The number of nitrogens with one attached hydrogen (secondary N) is 1. The summed E-state index contributed by atoms with van der Waals surface area (Å²) in [6, 6.07) is 2.03. The summed E-state index contributed by atoms with van der Waals surface area (Å²) >= 11 is 0. The van der Waals surface area contributed by atoms with Gasteiger partial charge < -0.3 is 15.0 Å². The molecule has 102 valence electrons. The summed E-state index contributed by atoms with van der Waals surface area (Å²) in [5, 5.41) is 3.20. The van der Waals surface area contributed by atoms with Gasteiger partial charge >= 0.3 is 0 Å². The van der Waals surface area contributed by atoms with E-state index in [2.05, 4.69) is 10.3 Å². The van der Waals surface area contributed by atoms with Gasteiger partial charge in [0.25, 0.3) is 0 Å². The van der Waals surface area contributed by atoms with E-state index in [9.17, 15) is 4.39 Å². The Morgan fingerprint density at radius 3 is 2.83 bits per heavy atom. The maximum Gasteiger partial charge on any atom is 0.170 e. The zero-order chi connectivity index (χ0) is 13.5. The molecule has 0 saturated heterocycles. The van der Waals surface area contributed by atoms with E-state index in [0.29, 0.717) is 37.1 Å². The van der Waals surface area contributed by atoms with E-state index in [1.165, 1.54) is 0 Å². The molecule has 0 bridgehead atoms. The fourth-order valence-corrected chi connectivity index (χ4v) is 1.52. The molecule has 1 aromatic heterocycles. The van der Waals surface area contributed by atoms with Crippen LogP contribution in [-0.2, 0) is 11.3 Å². The molecule has 1 N–H and O–H groups in total. The van der Waals surface area contributed by atoms with Crippen molar-refractivity contribution in [2.45, 2.75) is 26.4 Å². The lowest BCUT2D eigenvalue weighted by Crippen LogP contribution is -2.26. The quantitative estimate of drug-likeness (QED) is 0.806. The van der Waals surface area contributed by atoms with Gasteiger partial charge in [0.2, 0.25) is 0 Å². The minimum atomic E-state index is -0.260. The van der Waals surface area contributed by atoms with Gasteiger partial charge in [-0.15, -0.1) is 0 Å². The van der Waals surface area contributed by atoms with E-state index in [0.717, 1.165) is 0 Å². The van der Waals surface area contributed by atoms with E-state index in [-0.39, 0.29) is 5.82 Å². The first-order valence-electron chi connectivity index (χ1n) is 6.13. The topological polar surface area (TPSA) is 37.4 Å². The molecular formula is C13H22FN3O. The molecule has 0 amide bonds. The fourth-order valence-electron chi connectivity index (χ4n) is 1.52. The summed E-state index contributed by atoms with van der Waals surface area (Å²) in [5.41, 5.74) is 0.637. The maximum atomic E-state index is 14.2. The Kier molecular flexibility index (Phi) is 6.01. The van der Waals surface area contributed by atoms with Crippen molar-refractivity contribution >= 4 is 5.82 Å². The van der Waals surface area contributed by atoms with E-state index in [1.807, 2.05) is 20.9 Å². The van der Waals surface area contributed by atoms with Gasteiger partial charge in [-0.2, -0.15) is 0 Å². The molecular weight excluding hydrogens is 233 g/mol. The highest BCUT2D eigenvalue weighted by atomic mass is 19.1. The predicted octanol–water partition coefficient (Wildman–Crippen LogP) is 1.80. The normalized spacial score (nSPS) is 11.0. The van der Waals surface area contributed by atoms with Gasteiger partial charge in [0.05, 0.1) is 6.61 Å². The molecule has 0 aliphatic carbocycles. The molecule has 1 heterocycles. The number of nitrogens with zero attached hydrogens (tertiary/aromatic N) is 2. The molecule has 0 saturated carbocycles. The van der Waals surface area contributed by atoms with Crippen LogP contribution in [0.3, 0.4) is 0 Å². The van der Waals surface area contributed by atoms with Crippen LogP contribution in [0.2, 0.25) is 0 Å².